The predicted molar refractivity (Wildman–Crippen MR) is 53.2 cm³/mol. The average Bonchev–Trinajstić information content (AvgIpc) is 2.76. The van der Waals surface area contributed by atoms with Crippen LogP contribution in [-0.2, 0) is 13.0 Å². The van der Waals surface area contributed by atoms with Crippen molar-refractivity contribution in [2.75, 3.05) is 13.1 Å². The highest BCUT2D eigenvalue weighted by Gasteiger charge is 2.16. The first-order valence-electron chi connectivity index (χ1n) is 5.16. The summed E-state index contributed by atoms with van der Waals surface area (Å²) < 4.78 is 1.47. The topological polar surface area (TPSA) is 62.7 Å². The summed E-state index contributed by atoms with van der Waals surface area (Å²) in [5.74, 6) is 1.46. The van der Waals surface area contributed by atoms with Crippen molar-refractivity contribution < 1.29 is 0 Å². The maximum atomic E-state index is 11.3. The first-order chi connectivity index (χ1) is 6.79. The molecule has 2 rings (SSSR count). The van der Waals surface area contributed by atoms with Crippen molar-refractivity contribution in [3.8, 4) is 0 Å². The van der Waals surface area contributed by atoms with Gasteiger partial charge >= 0.3 is 5.69 Å². The summed E-state index contributed by atoms with van der Waals surface area (Å²) in [5, 5.41) is 7.51. The molecule has 1 aliphatic rings. The molecule has 0 saturated carbocycles. The lowest BCUT2D eigenvalue weighted by Crippen LogP contribution is -2.16. The number of H-pyrrole nitrogens is 1. The van der Waals surface area contributed by atoms with Gasteiger partial charge in [0.15, 0.2) is 0 Å². The molecule has 0 radical (unpaired) electrons. The SMILES string of the molecule is CCn1nc(CC2CCNC2)[nH]c1=O. The Balaban J connectivity index is 2.05. The highest BCUT2D eigenvalue weighted by atomic mass is 16.1. The van der Waals surface area contributed by atoms with Crippen LogP contribution in [0.15, 0.2) is 4.79 Å². The van der Waals surface area contributed by atoms with Crippen molar-refractivity contribution in [2.45, 2.75) is 26.3 Å². The van der Waals surface area contributed by atoms with Gasteiger partial charge in [0.05, 0.1) is 0 Å². The summed E-state index contributed by atoms with van der Waals surface area (Å²) in [6, 6.07) is 0. The highest BCUT2D eigenvalue weighted by Crippen LogP contribution is 2.11. The van der Waals surface area contributed by atoms with Gasteiger partial charge in [0, 0.05) is 13.0 Å². The van der Waals surface area contributed by atoms with Crippen LogP contribution in [-0.4, -0.2) is 27.9 Å². The van der Waals surface area contributed by atoms with Gasteiger partial charge in [0.2, 0.25) is 0 Å². The number of rotatable bonds is 3. The van der Waals surface area contributed by atoms with E-state index in [1.165, 1.54) is 11.1 Å². The first kappa shape index (κ1) is 9.45. The van der Waals surface area contributed by atoms with E-state index < -0.39 is 0 Å². The molecule has 1 saturated heterocycles. The quantitative estimate of drug-likeness (QED) is 0.700. The molecule has 1 atom stereocenters. The van der Waals surface area contributed by atoms with Crippen molar-refractivity contribution in [3.05, 3.63) is 16.3 Å². The number of aromatic amines is 1. The smallest absolute Gasteiger partial charge is 0.316 e. The lowest BCUT2D eigenvalue weighted by Gasteiger charge is -2.03. The number of aromatic nitrogens is 3. The Hall–Kier alpha value is -1.10. The van der Waals surface area contributed by atoms with E-state index in [2.05, 4.69) is 15.4 Å². The van der Waals surface area contributed by atoms with Gasteiger partial charge < -0.3 is 5.32 Å². The van der Waals surface area contributed by atoms with Crippen LogP contribution in [0, 0.1) is 5.92 Å². The van der Waals surface area contributed by atoms with E-state index in [4.69, 9.17) is 0 Å². The number of nitrogens with zero attached hydrogens (tertiary/aromatic N) is 2. The number of aryl methyl sites for hydroxylation is 1. The van der Waals surface area contributed by atoms with Gasteiger partial charge in [-0.25, -0.2) is 9.48 Å². The molecule has 1 aromatic rings. The summed E-state index contributed by atoms with van der Waals surface area (Å²) in [6.07, 6.45) is 2.07. The Morgan fingerprint density at radius 3 is 3.07 bits per heavy atom. The Morgan fingerprint density at radius 2 is 2.50 bits per heavy atom. The van der Waals surface area contributed by atoms with E-state index in [9.17, 15) is 4.79 Å². The second kappa shape index (κ2) is 3.96. The van der Waals surface area contributed by atoms with Crippen LogP contribution < -0.4 is 11.0 Å². The lowest BCUT2D eigenvalue weighted by atomic mass is 10.1. The fourth-order valence-corrected chi connectivity index (χ4v) is 1.87. The average molecular weight is 196 g/mol. The zero-order valence-corrected chi connectivity index (χ0v) is 8.42. The van der Waals surface area contributed by atoms with Crippen LogP contribution in [0.25, 0.3) is 0 Å². The second-order valence-electron chi connectivity index (χ2n) is 3.76. The molecule has 5 heteroatoms. The van der Waals surface area contributed by atoms with Crippen molar-refractivity contribution in [3.63, 3.8) is 0 Å². The third-order valence-corrected chi connectivity index (χ3v) is 2.67. The molecule has 1 fully saturated rings. The summed E-state index contributed by atoms with van der Waals surface area (Å²) in [4.78, 5) is 14.1. The van der Waals surface area contributed by atoms with Gasteiger partial charge in [-0.15, -0.1) is 0 Å². The van der Waals surface area contributed by atoms with E-state index in [1.807, 2.05) is 6.92 Å². The van der Waals surface area contributed by atoms with E-state index in [0.717, 1.165) is 25.3 Å². The zero-order valence-electron chi connectivity index (χ0n) is 8.42. The molecule has 14 heavy (non-hydrogen) atoms. The molecular weight excluding hydrogens is 180 g/mol. The monoisotopic (exact) mass is 196 g/mol. The van der Waals surface area contributed by atoms with Crippen LogP contribution in [0.4, 0.5) is 0 Å². The third kappa shape index (κ3) is 1.87. The Labute approximate surface area is 82.5 Å². The van der Waals surface area contributed by atoms with Gasteiger partial charge in [0.1, 0.15) is 5.82 Å². The first-order valence-corrected chi connectivity index (χ1v) is 5.16. The molecule has 2 N–H and O–H groups in total. The number of hydrogen-bond donors (Lipinski definition) is 2. The van der Waals surface area contributed by atoms with Crippen LogP contribution in [0.3, 0.4) is 0 Å². The van der Waals surface area contributed by atoms with Crippen LogP contribution >= 0.6 is 0 Å². The second-order valence-corrected chi connectivity index (χ2v) is 3.76. The third-order valence-electron chi connectivity index (χ3n) is 2.67. The van der Waals surface area contributed by atoms with Gasteiger partial charge in [-0.2, -0.15) is 5.10 Å². The summed E-state index contributed by atoms with van der Waals surface area (Å²) in [5.41, 5.74) is -0.0894. The van der Waals surface area contributed by atoms with E-state index in [1.54, 1.807) is 0 Å². The molecular formula is C9H16N4O. The van der Waals surface area contributed by atoms with Gasteiger partial charge in [0.25, 0.3) is 0 Å². The molecule has 2 heterocycles. The largest absolute Gasteiger partial charge is 0.343 e. The van der Waals surface area contributed by atoms with E-state index in [-0.39, 0.29) is 5.69 Å². The minimum atomic E-state index is -0.0894. The standard InChI is InChI=1S/C9H16N4O/c1-2-13-9(14)11-8(12-13)5-7-3-4-10-6-7/h7,10H,2-6H2,1H3,(H,11,12,14). The molecule has 1 aliphatic heterocycles. The molecule has 78 valence electrons. The van der Waals surface area contributed by atoms with Crippen LogP contribution in [0.2, 0.25) is 0 Å². The van der Waals surface area contributed by atoms with E-state index in [0.29, 0.717) is 12.5 Å². The summed E-state index contributed by atoms with van der Waals surface area (Å²) >= 11 is 0. The highest BCUT2D eigenvalue weighted by molar-refractivity contribution is 4.88. The minimum absolute atomic E-state index is 0.0894. The molecule has 0 amide bonds. The van der Waals surface area contributed by atoms with Gasteiger partial charge in [-0.3, -0.25) is 4.98 Å². The Morgan fingerprint density at radius 1 is 1.64 bits per heavy atom. The number of nitrogens with one attached hydrogen (secondary N) is 2. The minimum Gasteiger partial charge on any atom is -0.316 e. The summed E-state index contributed by atoms with van der Waals surface area (Å²) in [7, 11) is 0. The molecule has 0 aromatic carbocycles. The fourth-order valence-electron chi connectivity index (χ4n) is 1.87. The molecule has 0 spiro atoms. The lowest BCUT2D eigenvalue weighted by molar-refractivity contribution is 0.551. The molecule has 1 aromatic heterocycles. The molecule has 5 nitrogen and oxygen atoms in total. The molecule has 0 aliphatic carbocycles. The maximum Gasteiger partial charge on any atom is 0.343 e. The molecule has 0 bridgehead atoms. The predicted octanol–water partition coefficient (Wildman–Crippen LogP) is -0.257. The zero-order chi connectivity index (χ0) is 9.97. The van der Waals surface area contributed by atoms with Gasteiger partial charge in [-0.05, 0) is 32.4 Å². The Bertz CT molecular complexity index is 348. The fraction of sp³-hybridized carbons (Fsp3) is 0.778. The maximum absolute atomic E-state index is 11.3. The van der Waals surface area contributed by atoms with Crippen LogP contribution in [0.1, 0.15) is 19.2 Å². The van der Waals surface area contributed by atoms with Crippen molar-refractivity contribution in [1.82, 2.24) is 20.1 Å². The normalized spacial score (nSPS) is 21.6. The number of hydrogen-bond acceptors (Lipinski definition) is 3. The van der Waals surface area contributed by atoms with Crippen molar-refractivity contribution in [1.29, 1.82) is 0 Å². The van der Waals surface area contributed by atoms with Gasteiger partial charge in [-0.1, -0.05) is 0 Å². The van der Waals surface area contributed by atoms with E-state index >= 15 is 0 Å². The summed E-state index contributed by atoms with van der Waals surface area (Å²) in [6.45, 7) is 4.69. The van der Waals surface area contributed by atoms with Crippen LogP contribution in [0.5, 0.6) is 0 Å². The Kier molecular flexibility index (Phi) is 2.67. The van der Waals surface area contributed by atoms with Crippen molar-refractivity contribution in [2.24, 2.45) is 5.92 Å². The van der Waals surface area contributed by atoms with Crippen molar-refractivity contribution >= 4 is 0 Å². The molecule has 1 unspecified atom stereocenters.